The van der Waals surface area contributed by atoms with Gasteiger partial charge in [-0.3, -0.25) is 0 Å². The van der Waals surface area contributed by atoms with Crippen LogP contribution >= 0.6 is 0 Å². The molecule has 2 N–H and O–H groups in total. The van der Waals surface area contributed by atoms with Gasteiger partial charge in [-0.2, -0.15) is 13.2 Å². The topological polar surface area (TPSA) is 24.1 Å². The normalized spacial score (nSPS) is 18.5. The van der Waals surface area contributed by atoms with Crippen LogP contribution in [0.25, 0.3) is 0 Å². The van der Waals surface area contributed by atoms with Crippen molar-refractivity contribution in [2.24, 2.45) is 5.92 Å². The molecule has 0 amide bonds. The Morgan fingerprint density at radius 1 is 1.06 bits per heavy atom. The van der Waals surface area contributed by atoms with E-state index in [1.807, 2.05) is 0 Å². The number of nitrogens with one attached hydrogen (secondary N) is 2. The van der Waals surface area contributed by atoms with Crippen LogP contribution in [0.1, 0.15) is 38.5 Å². The van der Waals surface area contributed by atoms with Gasteiger partial charge in [0.05, 0.1) is 0 Å². The third kappa shape index (κ3) is 8.44. The van der Waals surface area contributed by atoms with Crippen LogP contribution in [0.2, 0.25) is 0 Å². The molecule has 1 fully saturated rings. The van der Waals surface area contributed by atoms with Crippen LogP contribution in [-0.4, -0.2) is 32.4 Å². The van der Waals surface area contributed by atoms with E-state index in [-0.39, 0.29) is 6.42 Å². The summed E-state index contributed by atoms with van der Waals surface area (Å²) in [5.41, 5.74) is 0. The molecule has 1 rings (SSSR count). The Morgan fingerprint density at radius 3 is 2.35 bits per heavy atom. The molecule has 17 heavy (non-hydrogen) atoms. The predicted molar refractivity (Wildman–Crippen MR) is 63.0 cm³/mol. The van der Waals surface area contributed by atoms with Gasteiger partial charge in [0.25, 0.3) is 0 Å². The van der Waals surface area contributed by atoms with Crippen molar-refractivity contribution in [1.29, 1.82) is 0 Å². The third-order valence-electron chi connectivity index (χ3n) is 3.24. The van der Waals surface area contributed by atoms with Crippen molar-refractivity contribution >= 4 is 0 Å². The SMILES string of the molecule is FC(F)(F)CCCNCCCC1CCNCC1. The van der Waals surface area contributed by atoms with Gasteiger partial charge in [0, 0.05) is 6.42 Å². The molecule has 0 unspecified atom stereocenters. The third-order valence-corrected chi connectivity index (χ3v) is 3.24. The lowest BCUT2D eigenvalue weighted by atomic mass is 9.93. The summed E-state index contributed by atoms with van der Waals surface area (Å²) in [5, 5.41) is 6.41. The summed E-state index contributed by atoms with van der Waals surface area (Å²) in [6.07, 6.45) is 0.286. The molecule has 0 aromatic rings. The molecule has 102 valence electrons. The van der Waals surface area contributed by atoms with Crippen molar-refractivity contribution in [3.63, 3.8) is 0 Å². The molecule has 1 aliphatic heterocycles. The molecule has 1 saturated heterocycles. The van der Waals surface area contributed by atoms with E-state index in [0.29, 0.717) is 6.54 Å². The average molecular weight is 252 g/mol. The van der Waals surface area contributed by atoms with Gasteiger partial charge in [-0.25, -0.2) is 0 Å². The monoisotopic (exact) mass is 252 g/mol. The molecule has 0 atom stereocenters. The van der Waals surface area contributed by atoms with Gasteiger partial charge in [0.1, 0.15) is 0 Å². The molecule has 0 aromatic carbocycles. The fourth-order valence-corrected chi connectivity index (χ4v) is 2.22. The van der Waals surface area contributed by atoms with Gasteiger partial charge in [-0.05, 0) is 64.2 Å². The van der Waals surface area contributed by atoms with E-state index in [1.165, 1.54) is 19.3 Å². The van der Waals surface area contributed by atoms with Gasteiger partial charge in [-0.1, -0.05) is 0 Å². The average Bonchev–Trinajstić information content (AvgIpc) is 2.28. The van der Waals surface area contributed by atoms with E-state index in [2.05, 4.69) is 10.6 Å². The van der Waals surface area contributed by atoms with E-state index >= 15 is 0 Å². The number of piperidine rings is 1. The molecule has 0 spiro atoms. The summed E-state index contributed by atoms with van der Waals surface area (Å²) in [5.74, 6) is 0.813. The second kappa shape index (κ2) is 7.93. The van der Waals surface area contributed by atoms with Gasteiger partial charge in [0.2, 0.25) is 0 Å². The standard InChI is InChI=1S/C12H23F3N2/c13-12(14,15)6-2-8-16-7-1-3-11-4-9-17-10-5-11/h11,16-17H,1-10H2. The molecule has 0 bridgehead atoms. The zero-order valence-corrected chi connectivity index (χ0v) is 10.3. The first-order valence-electron chi connectivity index (χ1n) is 6.56. The predicted octanol–water partition coefficient (Wildman–Crippen LogP) is 2.70. The second-order valence-electron chi connectivity index (χ2n) is 4.80. The van der Waals surface area contributed by atoms with Crippen LogP contribution in [-0.2, 0) is 0 Å². The Morgan fingerprint density at radius 2 is 1.71 bits per heavy atom. The summed E-state index contributed by atoms with van der Waals surface area (Å²) in [7, 11) is 0. The van der Waals surface area contributed by atoms with Crippen molar-refractivity contribution in [2.45, 2.75) is 44.7 Å². The minimum atomic E-state index is -4.00. The molecule has 0 aromatic heterocycles. The van der Waals surface area contributed by atoms with Gasteiger partial charge in [0.15, 0.2) is 0 Å². The fraction of sp³-hybridized carbons (Fsp3) is 1.00. The maximum Gasteiger partial charge on any atom is 0.389 e. The summed E-state index contributed by atoms with van der Waals surface area (Å²) in [6, 6.07) is 0. The largest absolute Gasteiger partial charge is 0.389 e. The van der Waals surface area contributed by atoms with E-state index < -0.39 is 12.6 Å². The van der Waals surface area contributed by atoms with Crippen molar-refractivity contribution in [3.8, 4) is 0 Å². The van der Waals surface area contributed by atoms with Gasteiger partial charge < -0.3 is 10.6 Å². The van der Waals surface area contributed by atoms with Crippen molar-refractivity contribution < 1.29 is 13.2 Å². The Kier molecular flexibility index (Phi) is 6.89. The van der Waals surface area contributed by atoms with Crippen LogP contribution in [0.15, 0.2) is 0 Å². The van der Waals surface area contributed by atoms with Crippen LogP contribution in [0.4, 0.5) is 13.2 Å². The minimum Gasteiger partial charge on any atom is -0.317 e. The number of alkyl halides is 3. The summed E-state index contributed by atoms with van der Waals surface area (Å²) >= 11 is 0. The highest BCUT2D eigenvalue weighted by Crippen LogP contribution is 2.20. The van der Waals surface area contributed by atoms with Crippen molar-refractivity contribution in [3.05, 3.63) is 0 Å². The number of hydrogen-bond acceptors (Lipinski definition) is 2. The Balaban J connectivity index is 1.84. The summed E-state index contributed by atoms with van der Waals surface area (Å²) in [6.45, 7) is 3.56. The van der Waals surface area contributed by atoms with Crippen molar-refractivity contribution in [1.82, 2.24) is 10.6 Å². The molecule has 0 saturated carbocycles. The zero-order valence-electron chi connectivity index (χ0n) is 10.3. The highest BCUT2D eigenvalue weighted by molar-refractivity contribution is 4.68. The molecule has 5 heteroatoms. The minimum absolute atomic E-state index is 0.191. The highest BCUT2D eigenvalue weighted by atomic mass is 19.4. The molecule has 1 aliphatic rings. The Hall–Kier alpha value is -0.290. The van der Waals surface area contributed by atoms with E-state index in [9.17, 15) is 13.2 Å². The first-order valence-corrected chi connectivity index (χ1v) is 6.56. The number of hydrogen-bond donors (Lipinski definition) is 2. The first kappa shape index (κ1) is 14.8. The highest BCUT2D eigenvalue weighted by Gasteiger charge is 2.25. The Labute approximate surface area is 101 Å². The molecular weight excluding hydrogens is 229 g/mol. The van der Waals surface area contributed by atoms with Crippen LogP contribution in [0.5, 0.6) is 0 Å². The number of halogens is 3. The van der Waals surface area contributed by atoms with E-state index in [4.69, 9.17) is 0 Å². The van der Waals surface area contributed by atoms with Crippen molar-refractivity contribution in [2.75, 3.05) is 26.2 Å². The quantitative estimate of drug-likeness (QED) is 0.681. The lowest BCUT2D eigenvalue weighted by Gasteiger charge is -2.22. The fourth-order valence-electron chi connectivity index (χ4n) is 2.22. The Bertz CT molecular complexity index is 189. The summed E-state index contributed by atoms with van der Waals surface area (Å²) < 4.78 is 35.5. The maximum atomic E-state index is 11.8. The molecule has 2 nitrogen and oxygen atoms in total. The molecular formula is C12H23F3N2. The lowest BCUT2D eigenvalue weighted by Crippen LogP contribution is -2.28. The summed E-state index contributed by atoms with van der Waals surface area (Å²) in [4.78, 5) is 0. The molecule has 1 heterocycles. The number of rotatable bonds is 7. The lowest BCUT2D eigenvalue weighted by molar-refractivity contribution is -0.135. The first-order chi connectivity index (χ1) is 8.08. The smallest absolute Gasteiger partial charge is 0.317 e. The van der Waals surface area contributed by atoms with Crippen LogP contribution < -0.4 is 10.6 Å². The van der Waals surface area contributed by atoms with Gasteiger partial charge in [-0.15, -0.1) is 0 Å². The second-order valence-corrected chi connectivity index (χ2v) is 4.80. The van der Waals surface area contributed by atoms with Gasteiger partial charge >= 0.3 is 6.18 Å². The molecule has 0 radical (unpaired) electrons. The van der Waals surface area contributed by atoms with E-state index in [1.54, 1.807) is 0 Å². The maximum absolute atomic E-state index is 11.8. The zero-order chi connectivity index (χ0) is 12.6. The van der Waals surface area contributed by atoms with E-state index in [0.717, 1.165) is 32.0 Å². The van der Waals surface area contributed by atoms with Crippen LogP contribution in [0.3, 0.4) is 0 Å². The van der Waals surface area contributed by atoms with Crippen LogP contribution in [0, 0.1) is 5.92 Å². The molecule has 0 aliphatic carbocycles.